The van der Waals surface area contributed by atoms with Crippen LogP contribution in [0.2, 0.25) is 0 Å². The van der Waals surface area contributed by atoms with Crippen molar-refractivity contribution >= 4 is 16.9 Å². The molecule has 0 radical (unpaired) electrons. The summed E-state index contributed by atoms with van der Waals surface area (Å²) in [5.41, 5.74) is 2.20. The van der Waals surface area contributed by atoms with Crippen LogP contribution in [0.5, 0.6) is 0 Å². The van der Waals surface area contributed by atoms with E-state index in [1.807, 2.05) is 19.9 Å². The van der Waals surface area contributed by atoms with Crippen LogP contribution >= 0.6 is 0 Å². The quantitative estimate of drug-likeness (QED) is 0.240. The second-order valence-electron chi connectivity index (χ2n) is 9.64. The first-order valence-electron chi connectivity index (χ1n) is 13.3. The predicted molar refractivity (Wildman–Crippen MR) is 137 cm³/mol. The molecule has 4 heteroatoms. The third-order valence-corrected chi connectivity index (χ3v) is 6.41. The molecule has 2 aromatic rings. The molecular formula is C28H47N3O. The fourth-order valence-corrected chi connectivity index (χ4v) is 4.34. The van der Waals surface area contributed by atoms with Gasteiger partial charge in [-0.3, -0.25) is 4.79 Å². The number of aromatic nitrogens is 2. The van der Waals surface area contributed by atoms with Crippen molar-refractivity contribution < 1.29 is 4.79 Å². The summed E-state index contributed by atoms with van der Waals surface area (Å²) in [6.07, 6.45) is 19.2. The van der Waals surface area contributed by atoms with E-state index in [1.54, 1.807) is 0 Å². The number of hydrogen-bond acceptors (Lipinski definition) is 2. The Morgan fingerprint density at radius 1 is 0.844 bits per heavy atom. The molecule has 0 saturated carbocycles. The van der Waals surface area contributed by atoms with Gasteiger partial charge in [-0.25, -0.2) is 4.98 Å². The second kappa shape index (κ2) is 15.9. The average Bonchev–Trinajstić information content (AvgIpc) is 3.15. The molecule has 0 saturated heterocycles. The summed E-state index contributed by atoms with van der Waals surface area (Å²) in [6.45, 7) is 7.61. The number of rotatable bonds is 18. The van der Waals surface area contributed by atoms with Crippen LogP contribution < -0.4 is 5.32 Å². The topological polar surface area (TPSA) is 46.9 Å². The Kier molecular flexibility index (Phi) is 13.1. The maximum absolute atomic E-state index is 12.0. The number of nitrogens with zero attached hydrogens (tertiary/aromatic N) is 2. The Labute approximate surface area is 196 Å². The van der Waals surface area contributed by atoms with Gasteiger partial charge >= 0.3 is 0 Å². The Morgan fingerprint density at radius 2 is 1.38 bits per heavy atom. The molecule has 0 aliphatic rings. The van der Waals surface area contributed by atoms with Crippen LogP contribution in [0.1, 0.15) is 116 Å². The molecule has 1 aromatic heterocycles. The Bertz CT molecular complexity index is 765. The third-order valence-electron chi connectivity index (χ3n) is 6.41. The summed E-state index contributed by atoms with van der Waals surface area (Å²) < 4.78 is 2.30. The number of benzene rings is 1. The lowest BCUT2D eigenvalue weighted by Crippen LogP contribution is -2.28. The first kappa shape index (κ1) is 26.4. The first-order valence-corrected chi connectivity index (χ1v) is 13.3. The number of nitrogens with one attached hydrogen (secondary N) is 1. The minimum Gasteiger partial charge on any atom is -0.349 e. The van der Waals surface area contributed by atoms with Crippen molar-refractivity contribution in [2.75, 3.05) is 0 Å². The van der Waals surface area contributed by atoms with Crippen LogP contribution in [0, 0.1) is 5.92 Å². The number of imidazole rings is 1. The van der Waals surface area contributed by atoms with Crippen molar-refractivity contribution in [3.05, 3.63) is 30.1 Å². The molecule has 0 fully saturated rings. The molecule has 0 atom stereocenters. The largest absolute Gasteiger partial charge is 0.349 e. The number of carbonyl (C=O) groups is 1. The van der Waals surface area contributed by atoms with Gasteiger partial charge in [0.2, 0.25) is 5.91 Å². The molecule has 0 aliphatic heterocycles. The monoisotopic (exact) mass is 441 g/mol. The molecule has 0 spiro atoms. The Balaban J connectivity index is 1.62. The van der Waals surface area contributed by atoms with Crippen molar-refractivity contribution in [1.82, 2.24) is 14.9 Å². The van der Waals surface area contributed by atoms with Crippen LogP contribution in [0.25, 0.3) is 11.0 Å². The third kappa shape index (κ3) is 9.75. The Hall–Kier alpha value is -1.84. The highest BCUT2D eigenvalue weighted by Crippen LogP contribution is 2.18. The molecular weight excluding hydrogens is 394 g/mol. The van der Waals surface area contributed by atoms with Crippen molar-refractivity contribution in [2.24, 2.45) is 5.92 Å². The van der Waals surface area contributed by atoms with Gasteiger partial charge < -0.3 is 9.88 Å². The lowest BCUT2D eigenvalue weighted by atomic mass is 10.0. The summed E-state index contributed by atoms with van der Waals surface area (Å²) >= 11 is 0. The van der Waals surface area contributed by atoms with E-state index in [0.29, 0.717) is 6.54 Å². The molecule has 2 rings (SSSR count). The van der Waals surface area contributed by atoms with Gasteiger partial charge in [0.1, 0.15) is 5.82 Å². The van der Waals surface area contributed by atoms with Gasteiger partial charge in [0.05, 0.1) is 17.6 Å². The molecule has 1 aromatic carbocycles. The molecule has 1 heterocycles. The van der Waals surface area contributed by atoms with Gasteiger partial charge in [0.15, 0.2) is 0 Å². The number of para-hydroxylation sites is 2. The van der Waals surface area contributed by atoms with Gasteiger partial charge in [0, 0.05) is 12.5 Å². The van der Waals surface area contributed by atoms with E-state index in [2.05, 4.69) is 35.0 Å². The molecule has 4 nitrogen and oxygen atoms in total. The van der Waals surface area contributed by atoms with Crippen LogP contribution in [0.15, 0.2) is 24.3 Å². The van der Waals surface area contributed by atoms with Gasteiger partial charge in [-0.05, 0) is 18.6 Å². The fourth-order valence-electron chi connectivity index (χ4n) is 4.34. The molecule has 0 aliphatic carbocycles. The standard InChI is InChI=1S/C28H47N3O/c1-4-5-6-7-8-9-10-11-12-13-14-15-16-19-22-31-26-21-18-17-20-25(26)30-27(31)23-29-28(32)24(2)3/h17-18,20-21,24H,4-16,19,22-23H2,1-3H3,(H,29,32). The zero-order valence-corrected chi connectivity index (χ0v) is 21.0. The Morgan fingerprint density at radius 3 is 1.94 bits per heavy atom. The van der Waals surface area contributed by atoms with E-state index in [0.717, 1.165) is 17.9 Å². The maximum Gasteiger partial charge on any atom is 0.222 e. The van der Waals surface area contributed by atoms with E-state index >= 15 is 0 Å². The van der Waals surface area contributed by atoms with Gasteiger partial charge in [0.25, 0.3) is 0 Å². The van der Waals surface area contributed by atoms with Crippen molar-refractivity contribution in [3.63, 3.8) is 0 Å². The molecule has 180 valence electrons. The highest BCUT2D eigenvalue weighted by atomic mass is 16.1. The van der Waals surface area contributed by atoms with Gasteiger partial charge in [-0.1, -0.05) is 116 Å². The minimum atomic E-state index is -0.00127. The van der Waals surface area contributed by atoms with Gasteiger partial charge in [-0.15, -0.1) is 0 Å². The number of aryl methyl sites for hydroxylation is 1. The summed E-state index contributed by atoms with van der Waals surface area (Å²) in [5.74, 6) is 1.05. The van der Waals surface area contributed by atoms with E-state index < -0.39 is 0 Å². The van der Waals surface area contributed by atoms with E-state index in [-0.39, 0.29) is 11.8 Å². The van der Waals surface area contributed by atoms with Crippen LogP contribution in [0.3, 0.4) is 0 Å². The zero-order chi connectivity index (χ0) is 23.0. The van der Waals surface area contributed by atoms with E-state index in [1.165, 1.54) is 95.4 Å². The molecule has 32 heavy (non-hydrogen) atoms. The summed E-state index contributed by atoms with van der Waals surface area (Å²) in [4.78, 5) is 16.8. The fraction of sp³-hybridized carbons (Fsp3) is 0.714. The highest BCUT2D eigenvalue weighted by molar-refractivity contribution is 5.78. The molecule has 0 unspecified atom stereocenters. The van der Waals surface area contributed by atoms with Crippen LogP contribution in [-0.4, -0.2) is 15.5 Å². The second-order valence-corrected chi connectivity index (χ2v) is 9.64. The van der Waals surface area contributed by atoms with Crippen molar-refractivity contribution in [1.29, 1.82) is 0 Å². The summed E-state index contributed by atoms with van der Waals surface area (Å²) in [7, 11) is 0. The van der Waals surface area contributed by atoms with Gasteiger partial charge in [-0.2, -0.15) is 0 Å². The van der Waals surface area contributed by atoms with E-state index in [4.69, 9.17) is 4.98 Å². The number of unbranched alkanes of at least 4 members (excludes halogenated alkanes) is 13. The highest BCUT2D eigenvalue weighted by Gasteiger charge is 2.12. The number of carbonyl (C=O) groups excluding carboxylic acids is 1. The zero-order valence-electron chi connectivity index (χ0n) is 21.0. The minimum absolute atomic E-state index is 0.00127. The lowest BCUT2D eigenvalue weighted by molar-refractivity contribution is -0.124. The number of fused-ring (bicyclic) bond motifs is 1. The van der Waals surface area contributed by atoms with Crippen LogP contribution in [0.4, 0.5) is 0 Å². The van der Waals surface area contributed by atoms with Crippen molar-refractivity contribution in [2.45, 2.75) is 124 Å². The normalized spacial score (nSPS) is 11.5. The average molecular weight is 442 g/mol. The lowest BCUT2D eigenvalue weighted by Gasteiger charge is -2.11. The molecule has 1 amide bonds. The number of hydrogen-bond donors (Lipinski definition) is 1. The SMILES string of the molecule is CCCCCCCCCCCCCCCCn1c(CNC(=O)C(C)C)nc2ccccc21. The first-order chi connectivity index (χ1) is 15.6. The molecule has 1 N–H and O–H groups in total. The molecule has 0 bridgehead atoms. The smallest absolute Gasteiger partial charge is 0.222 e. The van der Waals surface area contributed by atoms with E-state index in [9.17, 15) is 4.79 Å². The maximum atomic E-state index is 12.0. The van der Waals surface area contributed by atoms with Crippen molar-refractivity contribution in [3.8, 4) is 0 Å². The predicted octanol–water partition coefficient (Wildman–Crippen LogP) is 7.79. The summed E-state index contributed by atoms with van der Waals surface area (Å²) in [6, 6.07) is 8.30. The number of amides is 1. The summed E-state index contributed by atoms with van der Waals surface area (Å²) in [5, 5.41) is 3.03. The van der Waals surface area contributed by atoms with Crippen LogP contribution in [-0.2, 0) is 17.9 Å².